The molecule has 0 unspecified atom stereocenters. The van der Waals surface area contributed by atoms with E-state index in [-0.39, 0.29) is 0 Å². The van der Waals surface area contributed by atoms with Gasteiger partial charge in [-0.2, -0.15) is 0 Å². The maximum atomic E-state index is 5.75. The van der Waals surface area contributed by atoms with Crippen LogP contribution in [0.25, 0.3) is 0 Å². The lowest BCUT2D eigenvalue weighted by Crippen LogP contribution is -2.38. The summed E-state index contributed by atoms with van der Waals surface area (Å²) in [6, 6.07) is 0. The van der Waals surface area contributed by atoms with Crippen LogP contribution in [0.1, 0.15) is 25.7 Å². The molecule has 0 saturated carbocycles. The second-order valence-electron chi connectivity index (χ2n) is 6.57. The van der Waals surface area contributed by atoms with Gasteiger partial charge in [-0.3, -0.25) is 0 Å². The van der Waals surface area contributed by atoms with Gasteiger partial charge >= 0.3 is 0 Å². The van der Waals surface area contributed by atoms with Gasteiger partial charge in [0.1, 0.15) is 8.64 Å². The first-order valence-corrected chi connectivity index (χ1v) is 15.6. The average molecular weight is 517 g/mol. The molecule has 2 heterocycles. The van der Waals surface area contributed by atoms with Crippen molar-refractivity contribution in [1.82, 2.24) is 9.80 Å². The second-order valence-corrected chi connectivity index (χ2v) is 12.7. The van der Waals surface area contributed by atoms with E-state index in [2.05, 4.69) is 9.80 Å². The highest BCUT2D eigenvalue weighted by molar-refractivity contribution is 8.84. The monoisotopic (exact) mass is 516 g/mol. The molecule has 0 amide bonds. The van der Waals surface area contributed by atoms with Gasteiger partial charge in [0.25, 0.3) is 0 Å². The number of ether oxygens (including phenoxy) is 3. The Labute approximate surface area is 202 Å². The quantitative estimate of drug-likeness (QED) is 0.208. The van der Waals surface area contributed by atoms with E-state index in [0.717, 1.165) is 98.8 Å². The lowest BCUT2D eigenvalue weighted by molar-refractivity contribution is 0.0702. The zero-order valence-electron chi connectivity index (χ0n) is 16.9. The van der Waals surface area contributed by atoms with Crippen LogP contribution in [0.2, 0.25) is 0 Å². The number of morpholine rings is 2. The minimum Gasteiger partial charge on any atom is -0.381 e. The van der Waals surface area contributed by atoms with Crippen molar-refractivity contribution in [3.8, 4) is 0 Å². The van der Waals surface area contributed by atoms with Crippen LogP contribution in [0.4, 0.5) is 0 Å². The smallest absolute Gasteiger partial charge is 0.147 e. The molecule has 11 heteroatoms. The Morgan fingerprint density at radius 3 is 1.52 bits per heavy atom. The van der Waals surface area contributed by atoms with Crippen LogP contribution in [0.5, 0.6) is 0 Å². The highest BCUT2D eigenvalue weighted by Crippen LogP contribution is 2.27. The molecule has 168 valence electrons. The molecule has 2 aliphatic heterocycles. The van der Waals surface area contributed by atoms with Crippen molar-refractivity contribution >= 4 is 76.3 Å². The summed E-state index contributed by atoms with van der Waals surface area (Å²) in [4.78, 5) is 4.49. The van der Waals surface area contributed by atoms with Crippen molar-refractivity contribution in [3.63, 3.8) is 0 Å². The molecule has 2 rings (SSSR count). The van der Waals surface area contributed by atoms with Crippen LogP contribution >= 0.6 is 67.6 Å². The van der Waals surface area contributed by atoms with Crippen molar-refractivity contribution in [2.45, 2.75) is 25.7 Å². The minimum atomic E-state index is 0.794. The third-order valence-electron chi connectivity index (χ3n) is 4.33. The molecule has 29 heavy (non-hydrogen) atoms. The molecule has 0 aromatic heterocycles. The van der Waals surface area contributed by atoms with Gasteiger partial charge in [-0.25, -0.2) is 0 Å². The van der Waals surface area contributed by atoms with Crippen LogP contribution in [0.15, 0.2) is 0 Å². The van der Waals surface area contributed by atoms with Crippen molar-refractivity contribution in [1.29, 1.82) is 0 Å². The molecule has 0 atom stereocenters. The Morgan fingerprint density at radius 2 is 1.10 bits per heavy atom. The molecule has 2 aliphatic rings. The molecule has 0 aliphatic carbocycles. The Morgan fingerprint density at radius 1 is 0.690 bits per heavy atom. The van der Waals surface area contributed by atoms with Crippen molar-refractivity contribution < 1.29 is 14.2 Å². The topological polar surface area (TPSA) is 34.2 Å². The summed E-state index contributed by atoms with van der Waals surface area (Å²) in [6.45, 7) is 8.62. The zero-order chi connectivity index (χ0) is 20.6. The second kappa shape index (κ2) is 17.6. The van der Waals surface area contributed by atoms with Crippen LogP contribution < -0.4 is 0 Å². The molecule has 2 fully saturated rings. The summed E-state index contributed by atoms with van der Waals surface area (Å²) < 4.78 is 18.5. The minimum absolute atomic E-state index is 0.794. The number of unbranched alkanes of at least 4 members (excludes halogenated alkanes) is 2. The SMILES string of the molecule is S=C(SSCCCCOCCCCSSC(=S)N1CCOCC1)N1CCOCC1. The average Bonchev–Trinajstić information content (AvgIpc) is 2.77. The van der Waals surface area contributed by atoms with Gasteiger partial charge in [0.05, 0.1) is 26.4 Å². The van der Waals surface area contributed by atoms with Crippen molar-refractivity contribution in [2.24, 2.45) is 0 Å². The number of hydrogen-bond donors (Lipinski definition) is 0. The normalized spacial score (nSPS) is 17.5. The first-order chi connectivity index (χ1) is 14.3. The molecule has 0 spiro atoms. The number of nitrogens with zero attached hydrogens (tertiary/aromatic N) is 2. The molecule has 5 nitrogen and oxygen atoms in total. The van der Waals surface area contributed by atoms with E-state index in [1.807, 2.05) is 21.6 Å². The predicted molar refractivity (Wildman–Crippen MR) is 139 cm³/mol. The van der Waals surface area contributed by atoms with E-state index in [1.165, 1.54) is 12.8 Å². The van der Waals surface area contributed by atoms with Crippen LogP contribution in [-0.2, 0) is 14.2 Å². The Bertz CT molecular complexity index is 423. The number of rotatable bonds is 12. The first-order valence-electron chi connectivity index (χ1n) is 10.2. The largest absolute Gasteiger partial charge is 0.381 e. The fourth-order valence-electron chi connectivity index (χ4n) is 2.61. The predicted octanol–water partition coefficient (Wildman–Crippen LogP) is 4.56. The summed E-state index contributed by atoms with van der Waals surface area (Å²) in [5.74, 6) is 2.24. The summed E-state index contributed by atoms with van der Waals surface area (Å²) in [5, 5.41) is 0. The fourth-order valence-corrected chi connectivity index (χ4v) is 7.88. The lowest BCUT2D eigenvalue weighted by Gasteiger charge is -2.28. The molecule has 0 N–H and O–H groups in total. The van der Waals surface area contributed by atoms with Gasteiger partial charge in [-0.15, -0.1) is 0 Å². The maximum absolute atomic E-state index is 5.75. The standard InChI is InChI=1S/C18H32N2O3S6/c24-17(19-5-11-22-12-6-19)28-26-15-3-1-9-21-10-2-4-16-27-29-18(25)20-7-13-23-14-8-20/h1-16H2. The zero-order valence-corrected chi connectivity index (χ0v) is 21.8. The van der Waals surface area contributed by atoms with Crippen LogP contribution in [0, 0.1) is 0 Å². The highest BCUT2D eigenvalue weighted by Gasteiger charge is 2.14. The third-order valence-corrected chi connectivity index (χ3v) is 10.6. The molecule has 0 aromatic rings. The Hall–Kier alpha value is 1.06. The molecule has 2 saturated heterocycles. The molecular weight excluding hydrogens is 485 g/mol. The van der Waals surface area contributed by atoms with Gasteiger partial charge < -0.3 is 24.0 Å². The van der Waals surface area contributed by atoms with Gasteiger partial charge in [0.2, 0.25) is 0 Å². The molecular formula is C18H32N2O3S6. The Balaban J connectivity index is 1.29. The lowest BCUT2D eigenvalue weighted by atomic mass is 10.3. The van der Waals surface area contributed by atoms with Crippen molar-refractivity contribution in [2.75, 3.05) is 77.3 Å². The van der Waals surface area contributed by atoms with Crippen molar-refractivity contribution in [3.05, 3.63) is 0 Å². The summed E-state index contributed by atoms with van der Waals surface area (Å²) in [5.41, 5.74) is 0. The molecule has 0 radical (unpaired) electrons. The maximum Gasteiger partial charge on any atom is 0.147 e. The Kier molecular flexibility index (Phi) is 16.0. The molecule has 0 aromatic carbocycles. The van der Waals surface area contributed by atoms with Gasteiger partial charge in [-0.05, 0) is 47.3 Å². The van der Waals surface area contributed by atoms with Gasteiger partial charge in [-0.1, -0.05) is 46.0 Å². The van der Waals surface area contributed by atoms with E-state index in [4.69, 9.17) is 38.6 Å². The van der Waals surface area contributed by atoms with E-state index >= 15 is 0 Å². The third kappa shape index (κ3) is 12.6. The van der Waals surface area contributed by atoms with Crippen LogP contribution in [0.3, 0.4) is 0 Å². The van der Waals surface area contributed by atoms with E-state index in [1.54, 1.807) is 21.6 Å². The molecule has 0 bridgehead atoms. The number of hydrogen-bond acceptors (Lipinski definition) is 9. The fraction of sp³-hybridized carbons (Fsp3) is 0.889. The van der Waals surface area contributed by atoms with Crippen LogP contribution in [-0.4, -0.2) is 95.8 Å². The summed E-state index contributed by atoms with van der Waals surface area (Å²) >= 11 is 10.9. The first kappa shape index (κ1) is 26.3. The van der Waals surface area contributed by atoms with Gasteiger partial charge in [0, 0.05) is 50.9 Å². The number of thiocarbonyl (C=S) groups is 2. The highest BCUT2D eigenvalue weighted by atomic mass is 33.1. The van der Waals surface area contributed by atoms with E-state index in [0.29, 0.717) is 0 Å². The van der Waals surface area contributed by atoms with E-state index in [9.17, 15) is 0 Å². The van der Waals surface area contributed by atoms with Gasteiger partial charge in [0.15, 0.2) is 0 Å². The summed E-state index contributed by atoms with van der Waals surface area (Å²) in [7, 11) is 7.17. The van der Waals surface area contributed by atoms with E-state index < -0.39 is 0 Å². The summed E-state index contributed by atoms with van der Waals surface area (Å²) in [6.07, 6.45) is 4.59.